The molecule has 0 aliphatic heterocycles. The molecule has 0 fully saturated rings. The van der Waals surface area contributed by atoms with Gasteiger partial charge in [-0.2, -0.15) is 0 Å². The van der Waals surface area contributed by atoms with Gasteiger partial charge in [0.25, 0.3) is 0 Å². The van der Waals surface area contributed by atoms with E-state index in [-0.39, 0.29) is 21.1 Å². The standard InChI is InChI=1S/6C7H15NS2.Mo/c6*1-2-3-4-5-6-8-7(9)10;/h6*2-6H2,1H3,(H2,8,9,10);/q;;;;;;+6/p-6. The largest absolute Gasteiger partial charge is 6.00 e. The van der Waals surface area contributed by atoms with Gasteiger partial charge in [0.05, 0.1) is 0 Å². The van der Waals surface area contributed by atoms with Crippen molar-refractivity contribution in [3.05, 3.63) is 0 Å². The molecule has 19 heteroatoms. The van der Waals surface area contributed by atoms with Crippen LogP contribution in [0.1, 0.15) is 196 Å². The Balaban J connectivity index is -0.000000114. The van der Waals surface area contributed by atoms with Gasteiger partial charge >= 0.3 is 21.1 Å². The van der Waals surface area contributed by atoms with Crippen LogP contribution in [0.15, 0.2) is 0 Å². The number of hydrogen-bond acceptors (Lipinski definition) is 12. The minimum Gasteiger partial charge on any atom is -0.412 e. The zero-order valence-corrected chi connectivity index (χ0v) is 50.3. The van der Waals surface area contributed by atoms with E-state index in [9.17, 15) is 0 Å². The maximum absolute atomic E-state index is 4.68. The topological polar surface area (TPSA) is 72.2 Å². The van der Waals surface area contributed by atoms with Gasteiger partial charge in [-0.25, -0.2) is 0 Å². The molecule has 0 rings (SSSR count). The van der Waals surface area contributed by atoms with Gasteiger partial charge in [0, 0.05) is 39.3 Å². The molecular formula is C42H84MoN6S12. The van der Waals surface area contributed by atoms with Crippen LogP contribution in [-0.4, -0.2) is 65.2 Å². The molecule has 0 aromatic heterocycles. The van der Waals surface area contributed by atoms with Gasteiger partial charge in [0.2, 0.25) is 0 Å². The first kappa shape index (κ1) is 76.6. The summed E-state index contributed by atoms with van der Waals surface area (Å²) in [6.45, 7) is 18.9. The van der Waals surface area contributed by atoms with Gasteiger partial charge in [-0.05, 0) is 38.5 Å². The maximum atomic E-state index is 4.68. The summed E-state index contributed by atoms with van der Waals surface area (Å²) in [5, 5.41) is 17.7. The van der Waals surface area contributed by atoms with E-state index < -0.39 is 0 Å². The van der Waals surface area contributed by atoms with Gasteiger partial charge in [0.15, 0.2) is 0 Å². The molecule has 6 N–H and O–H groups in total. The van der Waals surface area contributed by atoms with Gasteiger partial charge in [-0.15, -0.1) is 0 Å². The van der Waals surface area contributed by atoms with E-state index in [1.165, 1.54) is 154 Å². The fourth-order valence-corrected chi connectivity index (χ4v) is 5.68. The van der Waals surface area contributed by atoms with Gasteiger partial charge in [-0.3, -0.25) is 0 Å². The fourth-order valence-electron chi connectivity index (χ4n) is 4.45. The zero-order chi connectivity index (χ0) is 46.9. The first-order chi connectivity index (χ1) is 28.6. The Bertz CT molecular complexity index is 755. The summed E-state index contributed by atoms with van der Waals surface area (Å²) in [7, 11) is 0. The van der Waals surface area contributed by atoms with Crippen LogP contribution < -0.4 is 31.9 Å². The molecular weight excluding hydrogens is 1070 g/mol. The first-order valence-electron chi connectivity index (χ1n) is 22.3. The van der Waals surface area contributed by atoms with Crippen LogP contribution in [0, 0.1) is 0 Å². The smallest absolute Gasteiger partial charge is 0.412 e. The average molecular weight is 1150 g/mol. The summed E-state index contributed by atoms with van der Waals surface area (Å²) in [6, 6.07) is 0. The Kier molecular flexibility index (Phi) is 91.6. The van der Waals surface area contributed by atoms with Gasteiger partial charge in [0.1, 0.15) is 0 Å². The van der Waals surface area contributed by atoms with Crippen LogP contribution in [0.3, 0.4) is 0 Å². The Morgan fingerprint density at radius 3 is 0.443 bits per heavy atom. The Labute approximate surface area is 458 Å². The van der Waals surface area contributed by atoms with E-state index in [1.807, 2.05) is 0 Å². The van der Waals surface area contributed by atoms with Crippen molar-refractivity contribution >= 4 is 175 Å². The second kappa shape index (κ2) is 72.9. The molecule has 0 bridgehead atoms. The predicted molar refractivity (Wildman–Crippen MR) is 313 cm³/mol. The summed E-state index contributed by atoms with van der Waals surface area (Å²) < 4.78 is 2.98. The van der Waals surface area contributed by atoms with Crippen LogP contribution in [0.2, 0.25) is 0 Å². The van der Waals surface area contributed by atoms with Crippen molar-refractivity contribution in [1.29, 1.82) is 0 Å². The number of nitrogens with one attached hydrogen (secondary N) is 6. The minimum atomic E-state index is 0. The number of rotatable bonds is 30. The third kappa shape index (κ3) is 115. The number of unbranched alkanes of at least 4 members (excludes halogenated alkanes) is 18. The molecule has 0 aromatic rings. The summed E-state index contributed by atoms with van der Waals surface area (Å²) in [5.74, 6) is 0. The fraction of sp³-hybridized carbons (Fsp3) is 0.857. The monoisotopic (exact) mass is 1150 g/mol. The molecule has 360 valence electrons. The summed E-state index contributed by atoms with van der Waals surface area (Å²) in [4.78, 5) is 0. The van der Waals surface area contributed by atoms with Crippen molar-refractivity contribution in [3.8, 4) is 0 Å². The second-order valence-electron chi connectivity index (χ2n) is 13.6. The third-order valence-corrected chi connectivity index (χ3v) is 9.53. The molecule has 0 aromatic carbocycles. The molecule has 0 saturated carbocycles. The quantitative estimate of drug-likeness (QED) is 0.0179. The van der Waals surface area contributed by atoms with Crippen LogP contribution in [0.25, 0.3) is 0 Å². The van der Waals surface area contributed by atoms with Crippen molar-refractivity contribution in [2.45, 2.75) is 196 Å². The third-order valence-electron chi connectivity index (χ3n) is 7.80. The van der Waals surface area contributed by atoms with E-state index in [0.717, 1.165) is 39.3 Å². The zero-order valence-electron chi connectivity index (χ0n) is 38.5. The number of thiocarbonyl (C=S) groups is 6. The van der Waals surface area contributed by atoms with Crippen LogP contribution in [-0.2, 0) is 96.8 Å². The maximum Gasteiger partial charge on any atom is 6.00 e. The molecule has 61 heavy (non-hydrogen) atoms. The molecule has 0 heterocycles. The average Bonchev–Trinajstić information content (AvgIpc) is 3.18. The summed E-state index contributed by atoms with van der Waals surface area (Å²) in [6.07, 6.45) is 30.3. The van der Waals surface area contributed by atoms with Crippen molar-refractivity contribution < 1.29 is 21.1 Å². The van der Waals surface area contributed by atoms with Gasteiger partial charge < -0.3 is 181 Å². The normalized spacial score (nSPS) is 9.15. The molecule has 6 nitrogen and oxygen atoms in total. The van der Waals surface area contributed by atoms with Crippen LogP contribution >= 0.6 is 73.3 Å². The number of hydrogen-bond donors (Lipinski definition) is 6. The molecule has 0 radical (unpaired) electrons. The molecule has 0 saturated heterocycles. The Morgan fingerprint density at radius 1 is 0.246 bits per heavy atom. The molecule has 0 atom stereocenters. The molecule has 0 aliphatic carbocycles. The molecule has 0 unspecified atom stereocenters. The second-order valence-corrected chi connectivity index (χ2v) is 20.1. The minimum absolute atomic E-state index is 0. The van der Waals surface area contributed by atoms with E-state index in [0.29, 0.717) is 25.9 Å². The Hall–Kier alpha value is 1.35. The summed E-state index contributed by atoms with van der Waals surface area (Å²) in [5.41, 5.74) is 0. The van der Waals surface area contributed by atoms with Crippen molar-refractivity contribution in [2.24, 2.45) is 0 Å². The van der Waals surface area contributed by atoms with Crippen molar-refractivity contribution in [1.82, 2.24) is 31.9 Å². The summed E-state index contributed by atoms with van der Waals surface area (Å²) >= 11 is 56.1. The molecule has 0 amide bonds. The van der Waals surface area contributed by atoms with E-state index in [1.54, 1.807) is 0 Å². The SMILES string of the molecule is CCCCCCNC(=S)[S-].CCCCCCNC(=S)[S-].CCCCCCNC(=S)[S-].CCCCCCNC(=S)[S-].CCCCCCNC(=S)[S-].CCCCCCNC(=S)[S-].[Mo+6]. The van der Waals surface area contributed by atoms with Crippen molar-refractivity contribution in [3.63, 3.8) is 0 Å². The van der Waals surface area contributed by atoms with Crippen LogP contribution in [0.5, 0.6) is 0 Å². The Morgan fingerprint density at radius 2 is 0.361 bits per heavy atom. The van der Waals surface area contributed by atoms with Crippen LogP contribution in [0.4, 0.5) is 0 Å². The predicted octanol–water partition coefficient (Wildman–Crippen LogP) is 11.9. The van der Waals surface area contributed by atoms with E-state index >= 15 is 0 Å². The molecule has 0 spiro atoms. The van der Waals surface area contributed by atoms with Gasteiger partial charge in [-0.1, -0.05) is 183 Å². The van der Waals surface area contributed by atoms with E-state index in [2.05, 4.69) is 223 Å². The molecule has 0 aliphatic rings. The van der Waals surface area contributed by atoms with E-state index in [4.69, 9.17) is 0 Å². The first-order valence-corrected chi connectivity index (χ1v) is 27.2. The van der Waals surface area contributed by atoms with Crippen molar-refractivity contribution in [2.75, 3.05) is 39.3 Å².